The van der Waals surface area contributed by atoms with Gasteiger partial charge in [0.05, 0.1) is 34.5 Å². The van der Waals surface area contributed by atoms with E-state index in [1.807, 2.05) is 32.0 Å². The molecule has 1 heterocycles. The molecule has 2 rings (SSSR count). The standard InChI is InChI=1S/C25H35N3/c1-9-20-13-11-14-21(10-2)24(20)27-18(4)23-16-12-15-22(28-23)17(3)26-19(5)25(6,7)8/h11-16,19H,9-10H2,1-8H3/t19-/m0/s1. The maximum atomic E-state index is 4.99. The molecule has 0 saturated heterocycles. The predicted octanol–water partition coefficient (Wildman–Crippen LogP) is 6.59. The summed E-state index contributed by atoms with van der Waals surface area (Å²) >= 11 is 0. The van der Waals surface area contributed by atoms with Gasteiger partial charge in [-0.25, -0.2) is 4.98 Å². The Bertz CT molecular complexity index is 847. The summed E-state index contributed by atoms with van der Waals surface area (Å²) in [6, 6.07) is 12.8. The number of aromatic nitrogens is 1. The van der Waals surface area contributed by atoms with Crippen LogP contribution in [0.15, 0.2) is 46.4 Å². The quantitative estimate of drug-likeness (QED) is 0.523. The topological polar surface area (TPSA) is 37.6 Å². The van der Waals surface area contributed by atoms with E-state index in [2.05, 4.69) is 59.7 Å². The fourth-order valence-corrected chi connectivity index (χ4v) is 2.97. The molecule has 150 valence electrons. The Morgan fingerprint density at radius 3 is 1.89 bits per heavy atom. The molecule has 28 heavy (non-hydrogen) atoms. The van der Waals surface area contributed by atoms with E-state index in [9.17, 15) is 0 Å². The van der Waals surface area contributed by atoms with Crippen molar-refractivity contribution in [1.82, 2.24) is 4.98 Å². The third-order valence-electron chi connectivity index (χ3n) is 5.38. The molecule has 0 aliphatic rings. The van der Waals surface area contributed by atoms with Crippen LogP contribution in [0, 0.1) is 5.41 Å². The Morgan fingerprint density at radius 1 is 0.893 bits per heavy atom. The van der Waals surface area contributed by atoms with E-state index in [0.717, 1.165) is 41.3 Å². The van der Waals surface area contributed by atoms with Crippen molar-refractivity contribution in [3.63, 3.8) is 0 Å². The van der Waals surface area contributed by atoms with E-state index in [1.54, 1.807) is 0 Å². The van der Waals surface area contributed by atoms with Crippen molar-refractivity contribution in [2.75, 3.05) is 0 Å². The first-order chi connectivity index (χ1) is 13.2. The van der Waals surface area contributed by atoms with Crippen LogP contribution in [-0.4, -0.2) is 22.4 Å². The molecule has 3 nitrogen and oxygen atoms in total. The number of pyridine rings is 1. The van der Waals surface area contributed by atoms with Crippen molar-refractivity contribution in [2.24, 2.45) is 15.4 Å². The van der Waals surface area contributed by atoms with Crippen molar-refractivity contribution in [3.8, 4) is 0 Å². The fraction of sp³-hybridized carbons (Fsp3) is 0.480. The summed E-state index contributed by atoms with van der Waals surface area (Å²) < 4.78 is 0. The van der Waals surface area contributed by atoms with Crippen LogP contribution in [0.5, 0.6) is 0 Å². The number of aryl methyl sites for hydroxylation is 2. The van der Waals surface area contributed by atoms with Gasteiger partial charge in [0.25, 0.3) is 0 Å². The second-order valence-electron chi connectivity index (χ2n) is 8.49. The van der Waals surface area contributed by atoms with Gasteiger partial charge in [-0.2, -0.15) is 0 Å². The number of hydrogen-bond donors (Lipinski definition) is 0. The van der Waals surface area contributed by atoms with Crippen LogP contribution < -0.4 is 0 Å². The van der Waals surface area contributed by atoms with E-state index >= 15 is 0 Å². The van der Waals surface area contributed by atoms with Crippen LogP contribution >= 0.6 is 0 Å². The monoisotopic (exact) mass is 377 g/mol. The third kappa shape index (κ3) is 5.37. The van der Waals surface area contributed by atoms with E-state index < -0.39 is 0 Å². The number of hydrogen-bond acceptors (Lipinski definition) is 3. The summed E-state index contributed by atoms with van der Waals surface area (Å²) in [5.41, 5.74) is 7.54. The number of rotatable bonds is 6. The SMILES string of the molecule is CCc1cccc(CC)c1N=C(C)c1cccc(C(C)=N[C@@H](C)C(C)(C)C)n1. The Hall–Kier alpha value is -2.29. The molecule has 0 unspecified atom stereocenters. The fourth-order valence-electron chi connectivity index (χ4n) is 2.97. The molecule has 0 amide bonds. The summed E-state index contributed by atoms with van der Waals surface area (Å²) in [4.78, 5) is 14.7. The highest BCUT2D eigenvalue weighted by Gasteiger charge is 2.19. The first-order valence-corrected chi connectivity index (χ1v) is 10.4. The lowest BCUT2D eigenvalue weighted by atomic mass is 9.88. The Morgan fingerprint density at radius 2 is 1.39 bits per heavy atom. The molecule has 1 aromatic carbocycles. The molecule has 0 N–H and O–H groups in total. The second-order valence-corrected chi connectivity index (χ2v) is 8.49. The second kappa shape index (κ2) is 9.27. The lowest BCUT2D eigenvalue weighted by Crippen LogP contribution is -2.22. The lowest BCUT2D eigenvalue weighted by Gasteiger charge is -2.24. The zero-order chi connectivity index (χ0) is 20.9. The average Bonchev–Trinajstić information content (AvgIpc) is 2.67. The van der Waals surface area contributed by atoms with E-state index in [-0.39, 0.29) is 11.5 Å². The highest BCUT2D eigenvalue weighted by molar-refractivity contribution is 6.01. The molecule has 0 saturated carbocycles. The van der Waals surface area contributed by atoms with Gasteiger partial charge in [-0.1, -0.05) is 58.9 Å². The predicted molar refractivity (Wildman–Crippen MR) is 122 cm³/mol. The molecule has 0 radical (unpaired) electrons. The number of benzene rings is 1. The zero-order valence-corrected chi connectivity index (χ0v) is 18.8. The van der Waals surface area contributed by atoms with Gasteiger partial charge < -0.3 is 0 Å². The number of para-hydroxylation sites is 1. The minimum atomic E-state index is 0.136. The van der Waals surface area contributed by atoms with Crippen molar-refractivity contribution in [3.05, 3.63) is 58.9 Å². The molecule has 1 aromatic heterocycles. The van der Waals surface area contributed by atoms with Crippen molar-refractivity contribution < 1.29 is 0 Å². The zero-order valence-electron chi connectivity index (χ0n) is 18.8. The first-order valence-electron chi connectivity index (χ1n) is 10.4. The number of aliphatic imine (C=N–C) groups is 2. The largest absolute Gasteiger partial charge is 0.284 e. The first kappa shape index (κ1) is 22.0. The van der Waals surface area contributed by atoms with Crippen LogP contribution in [0.1, 0.15) is 77.9 Å². The molecule has 2 aromatic rings. The molecule has 0 bridgehead atoms. The highest BCUT2D eigenvalue weighted by atomic mass is 14.9. The van der Waals surface area contributed by atoms with Gasteiger partial charge in [-0.15, -0.1) is 0 Å². The van der Waals surface area contributed by atoms with Gasteiger partial charge >= 0.3 is 0 Å². The Kier molecular flexibility index (Phi) is 7.29. The van der Waals surface area contributed by atoms with E-state index in [1.165, 1.54) is 11.1 Å². The van der Waals surface area contributed by atoms with Gasteiger partial charge in [0.1, 0.15) is 0 Å². The van der Waals surface area contributed by atoms with Crippen molar-refractivity contribution in [1.29, 1.82) is 0 Å². The average molecular weight is 378 g/mol. The summed E-state index contributed by atoms with van der Waals surface area (Å²) in [7, 11) is 0. The summed E-state index contributed by atoms with van der Waals surface area (Å²) in [5, 5.41) is 0. The van der Waals surface area contributed by atoms with Gasteiger partial charge in [-0.3, -0.25) is 9.98 Å². The van der Waals surface area contributed by atoms with Crippen LogP contribution in [0.4, 0.5) is 5.69 Å². The maximum absolute atomic E-state index is 4.99. The minimum absolute atomic E-state index is 0.136. The molecule has 0 spiro atoms. The Balaban J connectivity index is 2.42. The summed E-state index contributed by atoms with van der Waals surface area (Å²) in [6.45, 7) is 17.2. The van der Waals surface area contributed by atoms with E-state index in [0.29, 0.717) is 0 Å². The van der Waals surface area contributed by atoms with Crippen LogP contribution in [0.3, 0.4) is 0 Å². The minimum Gasteiger partial charge on any atom is -0.284 e. The number of nitrogens with zero attached hydrogens (tertiary/aromatic N) is 3. The summed E-state index contributed by atoms with van der Waals surface area (Å²) in [6.07, 6.45) is 1.95. The van der Waals surface area contributed by atoms with Crippen LogP contribution in [0.25, 0.3) is 0 Å². The maximum Gasteiger partial charge on any atom is 0.0849 e. The van der Waals surface area contributed by atoms with Gasteiger partial charge in [0, 0.05) is 0 Å². The molecule has 3 heteroatoms. The molecule has 0 aliphatic heterocycles. The highest BCUT2D eigenvalue weighted by Crippen LogP contribution is 2.27. The molecule has 0 aliphatic carbocycles. The summed E-state index contributed by atoms with van der Waals surface area (Å²) in [5.74, 6) is 0. The van der Waals surface area contributed by atoms with Crippen molar-refractivity contribution in [2.45, 2.75) is 74.3 Å². The van der Waals surface area contributed by atoms with Crippen LogP contribution in [0.2, 0.25) is 0 Å². The van der Waals surface area contributed by atoms with Crippen molar-refractivity contribution >= 4 is 17.1 Å². The lowest BCUT2D eigenvalue weighted by molar-refractivity contribution is 0.342. The third-order valence-corrected chi connectivity index (χ3v) is 5.38. The smallest absolute Gasteiger partial charge is 0.0849 e. The van der Waals surface area contributed by atoms with Gasteiger partial charge in [0.15, 0.2) is 0 Å². The van der Waals surface area contributed by atoms with Gasteiger partial charge in [0.2, 0.25) is 0 Å². The molecule has 0 fully saturated rings. The molecule has 1 atom stereocenters. The Labute approximate surface area is 171 Å². The van der Waals surface area contributed by atoms with Crippen LogP contribution in [-0.2, 0) is 12.8 Å². The van der Waals surface area contributed by atoms with Gasteiger partial charge in [-0.05, 0) is 62.3 Å². The molecular weight excluding hydrogens is 342 g/mol. The normalized spacial score (nSPS) is 14.3. The molecular formula is C25H35N3. The van der Waals surface area contributed by atoms with E-state index in [4.69, 9.17) is 15.0 Å².